The number of primary amides is 1. The molecule has 0 atom stereocenters. The van der Waals surface area contributed by atoms with Gasteiger partial charge in [-0.3, -0.25) is 4.79 Å². The highest BCUT2D eigenvalue weighted by atomic mass is 32.2. The second-order valence-corrected chi connectivity index (χ2v) is 6.20. The number of hydrogen-bond acceptors (Lipinski definition) is 3. The molecule has 1 aromatic rings. The van der Waals surface area contributed by atoms with Crippen molar-refractivity contribution in [1.82, 2.24) is 0 Å². The van der Waals surface area contributed by atoms with Crippen LogP contribution in [0.2, 0.25) is 0 Å². The van der Waals surface area contributed by atoms with E-state index >= 15 is 0 Å². The van der Waals surface area contributed by atoms with Crippen molar-refractivity contribution in [2.24, 2.45) is 5.73 Å². The highest BCUT2D eigenvalue weighted by molar-refractivity contribution is 8.03. The minimum atomic E-state index is -0.288. The van der Waals surface area contributed by atoms with E-state index in [4.69, 9.17) is 11.0 Å². The molecule has 4 heteroatoms. The molecule has 1 aliphatic carbocycles. The van der Waals surface area contributed by atoms with Gasteiger partial charge in [-0.05, 0) is 65.3 Å². The molecule has 2 rings (SSSR count). The molecule has 19 heavy (non-hydrogen) atoms. The average Bonchev–Trinajstić information content (AvgIpc) is 3.14. The Kier molecular flexibility index (Phi) is 4.16. The summed E-state index contributed by atoms with van der Waals surface area (Å²) in [6.07, 6.45) is 2.64. The fourth-order valence-corrected chi connectivity index (χ4v) is 2.93. The standard InChI is InChI=1S/C15H18N2OS/c1-9(2)12-5-11(19-8-16)6-13(10-3-4-10)14(12)7-15(17)18/h5-6,9-10H,3-4,7H2,1-2H3,(H2,17,18). The van der Waals surface area contributed by atoms with Gasteiger partial charge in [0.05, 0.1) is 6.42 Å². The topological polar surface area (TPSA) is 66.9 Å². The molecule has 1 amide bonds. The first-order valence-corrected chi connectivity index (χ1v) is 7.35. The molecule has 1 saturated carbocycles. The summed E-state index contributed by atoms with van der Waals surface area (Å²) in [5.41, 5.74) is 8.85. The summed E-state index contributed by atoms with van der Waals surface area (Å²) in [6.45, 7) is 4.22. The molecule has 0 aliphatic heterocycles. The van der Waals surface area contributed by atoms with E-state index in [0.29, 0.717) is 18.3 Å². The number of thioether (sulfide) groups is 1. The maximum atomic E-state index is 11.3. The van der Waals surface area contributed by atoms with Crippen LogP contribution in [0, 0.1) is 10.7 Å². The number of nitrogens with two attached hydrogens (primary N) is 1. The summed E-state index contributed by atoms with van der Waals surface area (Å²) in [5.74, 6) is 0.585. The van der Waals surface area contributed by atoms with Gasteiger partial charge in [-0.2, -0.15) is 5.26 Å². The molecule has 0 saturated heterocycles. The lowest BCUT2D eigenvalue weighted by Gasteiger charge is -2.18. The van der Waals surface area contributed by atoms with Crippen LogP contribution >= 0.6 is 11.8 Å². The van der Waals surface area contributed by atoms with E-state index in [1.165, 1.54) is 30.2 Å². The Bertz CT molecular complexity index is 519. The maximum Gasteiger partial charge on any atom is 0.221 e. The summed E-state index contributed by atoms with van der Waals surface area (Å²) in [7, 11) is 0. The average molecular weight is 274 g/mol. The lowest BCUT2D eigenvalue weighted by atomic mass is 9.89. The van der Waals surface area contributed by atoms with Crippen LogP contribution in [0.15, 0.2) is 17.0 Å². The first kappa shape index (κ1) is 14.0. The third kappa shape index (κ3) is 3.30. The van der Waals surface area contributed by atoms with Gasteiger partial charge in [-0.1, -0.05) is 13.8 Å². The maximum absolute atomic E-state index is 11.3. The lowest BCUT2D eigenvalue weighted by molar-refractivity contribution is -0.117. The normalized spacial score (nSPS) is 14.4. The number of benzene rings is 1. The van der Waals surface area contributed by atoms with Gasteiger partial charge in [0.25, 0.3) is 0 Å². The molecule has 0 aromatic heterocycles. The summed E-state index contributed by atoms with van der Waals surface area (Å²) in [6, 6.07) is 4.10. The number of carbonyl (C=O) groups excluding carboxylic acids is 1. The van der Waals surface area contributed by atoms with Crippen LogP contribution in [0.25, 0.3) is 0 Å². The van der Waals surface area contributed by atoms with Crippen molar-refractivity contribution in [3.05, 3.63) is 28.8 Å². The Hall–Kier alpha value is -1.47. The van der Waals surface area contributed by atoms with Crippen molar-refractivity contribution < 1.29 is 4.79 Å². The largest absolute Gasteiger partial charge is 0.369 e. The molecule has 2 N–H and O–H groups in total. The zero-order valence-corrected chi connectivity index (χ0v) is 12.1. The smallest absolute Gasteiger partial charge is 0.221 e. The molecular weight excluding hydrogens is 256 g/mol. The van der Waals surface area contributed by atoms with Gasteiger partial charge >= 0.3 is 0 Å². The van der Waals surface area contributed by atoms with Gasteiger partial charge in [-0.25, -0.2) is 0 Å². The monoisotopic (exact) mass is 274 g/mol. The van der Waals surface area contributed by atoms with Crippen LogP contribution in [0.5, 0.6) is 0 Å². The van der Waals surface area contributed by atoms with Crippen molar-refractivity contribution in [2.45, 2.75) is 49.8 Å². The highest BCUT2D eigenvalue weighted by Gasteiger charge is 2.28. The second kappa shape index (κ2) is 5.66. The molecule has 3 nitrogen and oxygen atoms in total. The predicted molar refractivity (Wildman–Crippen MR) is 76.9 cm³/mol. The Morgan fingerprint density at radius 2 is 2.21 bits per heavy atom. The van der Waals surface area contributed by atoms with Gasteiger partial charge in [0, 0.05) is 4.90 Å². The number of nitrogens with zero attached hydrogens (tertiary/aromatic N) is 1. The Morgan fingerprint density at radius 1 is 1.53 bits per heavy atom. The molecule has 0 spiro atoms. The van der Waals surface area contributed by atoms with Crippen molar-refractivity contribution in [1.29, 1.82) is 5.26 Å². The highest BCUT2D eigenvalue weighted by Crippen LogP contribution is 2.44. The summed E-state index contributed by atoms with van der Waals surface area (Å²) in [4.78, 5) is 12.3. The minimum Gasteiger partial charge on any atom is -0.369 e. The quantitative estimate of drug-likeness (QED) is 0.661. The number of nitriles is 1. The molecule has 0 radical (unpaired) electrons. The van der Waals surface area contributed by atoms with Crippen LogP contribution in [-0.2, 0) is 11.2 Å². The number of thiocyanates is 1. The van der Waals surface area contributed by atoms with Crippen molar-refractivity contribution in [2.75, 3.05) is 0 Å². The van der Waals surface area contributed by atoms with Crippen LogP contribution in [0.1, 0.15) is 55.2 Å². The predicted octanol–water partition coefficient (Wildman–Crippen LogP) is 3.29. The lowest BCUT2D eigenvalue weighted by Crippen LogP contribution is -2.17. The van der Waals surface area contributed by atoms with E-state index in [9.17, 15) is 4.79 Å². The zero-order chi connectivity index (χ0) is 14.0. The number of amides is 1. The molecule has 0 heterocycles. The number of rotatable bonds is 5. The molecule has 1 aliphatic rings. The van der Waals surface area contributed by atoms with Gasteiger partial charge in [0.15, 0.2) is 0 Å². The fourth-order valence-electron chi connectivity index (χ4n) is 2.45. The van der Waals surface area contributed by atoms with Gasteiger partial charge in [0.1, 0.15) is 5.40 Å². The van der Waals surface area contributed by atoms with Crippen LogP contribution in [0.4, 0.5) is 0 Å². The van der Waals surface area contributed by atoms with Gasteiger partial charge < -0.3 is 5.73 Å². The van der Waals surface area contributed by atoms with E-state index < -0.39 is 0 Å². The van der Waals surface area contributed by atoms with Crippen LogP contribution in [-0.4, -0.2) is 5.91 Å². The molecule has 100 valence electrons. The Labute approximate surface area is 118 Å². The van der Waals surface area contributed by atoms with Crippen LogP contribution in [0.3, 0.4) is 0 Å². The van der Waals surface area contributed by atoms with Crippen LogP contribution < -0.4 is 5.73 Å². The second-order valence-electron chi connectivity index (χ2n) is 5.35. The number of hydrogen-bond donors (Lipinski definition) is 1. The van der Waals surface area contributed by atoms with E-state index in [1.807, 2.05) is 6.07 Å². The number of carbonyl (C=O) groups is 1. The summed E-state index contributed by atoms with van der Waals surface area (Å²) >= 11 is 1.18. The van der Waals surface area contributed by atoms with E-state index in [0.717, 1.165) is 16.0 Å². The first-order chi connectivity index (χ1) is 9.02. The van der Waals surface area contributed by atoms with Gasteiger partial charge in [-0.15, -0.1) is 0 Å². The minimum absolute atomic E-state index is 0.288. The third-order valence-electron chi connectivity index (χ3n) is 3.45. The van der Waals surface area contributed by atoms with Gasteiger partial charge in [0.2, 0.25) is 5.91 Å². The SMILES string of the molecule is CC(C)c1cc(SC#N)cc(C2CC2)c1CC(N)=O. The summed E-state index contributed by atoms with van der Waals surface area (Å²) < 4.78 is 0. The summed E-state index contributed by atoms with van der Waals surface area (Å²) in [5, 5.41) is 11.0. The van der Waals surface area contributed by atoms with E-state index in [2.05, 4.69) is 25.3 Å². The van der Waals surface area contributed by atoms with Crippen molar-refractivity contribution in [3.63, 3.8) is 0 Å². The van der Waals surface area contributed by atoms with Crippen molar-refractivity contribution >= 4 is 17.7 Å². The van der Waals surface area contributed by atoms with E-state index in [-0.39, 0.29) is 5.91 Å². The van der Waals surface area contributed by atoms with Crippen molar-refractivity contribution in [3.8, 4) is 5.40 Å². The Morgan fingerprint density at radius 3 is 2.68 bits per heavy atom. The molecular formula is C15H18N2OS. The zero-order valence-electron chi connectivity index (χ0n) is 11.3. The third-order valence-corrected chi connectivity index (χ3v) is 4.01. The molecule has 1 fully saturated rings. The molecule has 0 bridgehead atoms. The Balaban J connectivity index is 2.53. The fraction of sp³-hybridized carbons (Fsp3) is 0.467. The first-order valence-electron chi connectivity index (χ1n) is 6.54. The molecule has 0 unspecified atom stereocenters. The van der Waals surface area contributed by atoms with E-state index in [1.54, 1.807) is 0 Å². The molecule has 1 aromatic carbocycles.